The van der Waals surface area contributed by atoms with Gasteiger partial charge in [0.15, 0.2) is 0 Å². The molecule has 6 heteroatoms. The first-order valence-corrected chi connectivity index (χ1v) is 12.9. The van der Waals surface area contributed by atoms with Crippen LogP contribution < -0.4 is 0 Å². The summed E-state index contributed by atoms with van der Waals surface area (Å²) in [6.45, 7) is 3.92. The van der Waals surface area contributed by atoms with E-state index >= 15 is 0 Å². The monoisotopic (exact) mass is 487 g/mol. The molecule has 3 atom stereocenters. The maximum atomic E-state index is 10.5. The van der Waals surface area contributed by atoms with Gasteiger partial charge >= 0.3 is 0 Å². The van der Waals surface area contributed by atoms with Crippen LogP contribution in [0, 0.1) is 6.92 Å². The summed E-state index contributed by atoms with van der Waals surface area (Å²) in [5, 5.41) is 10.5. The summed E-state index contributed by atoms with van der Waals surface area (Å²) in [4.78, 5) is 2.12. The first-order chi connectivity index (χ1) is 16.8. The molecule has 1 fully saturated rings. The van der Waals surface area contributed by atoms with E-state index in [9.17, 15) is 13.5 Å². The van der Waals surface area contributed by atoms with E-state index in [0.29, 0.717) is 0 Å². The van der Waals surface area contributed by atoms with E-state index in [-0.39, 0.29) is 10.9 Å². The van der Waals surface area contributed by atoms with Gasteiger partial charge in [-0.15, -0.1) is 0 Å². The van der Waals surface area contributed by atoms with Crippen molar-refractivity contribution in [1.29, 1.82) is 0 Å². The van der Waals surface area contributed by atoms with Gasteiger partial charge in [0.2, 0.25) is 0 Å². The van der Waals surface area contributed by atoms with Gasteiger partial charge in [0.1, 0.15) is 6.23 Å². The highest BCUT2D eigenvalue weighted by atomic mass is 32.2. The van der Waals surface area contributed by atoms with Crippen molar-refractivity contribution in [2.75, 3.05) is 0 Å². The summed E-state index contributed by atoms with van der Waals surface area (Å²) in [6.07, 6.45) is -0.439. The Balaban J connectivity index is 0.000000221. The van der Waals surface area contributed by atoms with Gasteiger partial charge in [-0.2, -0.15) is 8.42 Å². The standard InChI is InChI=1S/C22H21NO.C7H8O3S/c1-17-21(24)23(17)22(18-11-5-2-6-12-18,19-13-7-3-8-14-19)20-15-9-4-10-16-20;1-6-2-4-7(5-3-6)11(8,9)10/h2-17,21,24H,1H3;2-5H,1H3,(H,8,9,10). The van der Waals surface area contributed by atoms with Crippen LogP contribution in [-0.4, -0.2) is 35.2 Å². The molecule has 0 amide bonds. The lowest BCUT2D eigenvalue weighted by molar-refractivity contribution is 0.164. The predicted molar refractivity (Wildman–Crippen MR) is 138 cm³/mol. The van der Waals surface area contributed by atoms with Crippen molar-refractivity contribution < 1.29 is 18.1 Å². The second-order valence-electron chi connectivity index (χ2n) is 8.66. The van der Waals surface area contributed by atoms with Crippen LogP contribution in [0.5, 0.6) is 0 Å². The minimum absolute atomic E-state index is 0.0666. The summed E-state index contributed by atoms with van der Waals surface area (Å²) in [6, 6.07) is 37.5. The lowest BCUT2D eigenvalue weighted by Crippen LogP contribution is -2.39. The summed E-state index contributed by atoms with van der Waals surface area (Å²) in [5.74, 6) is 0. The van der Waals surface area contributed by atoms with Crippen LogP contribution in [0.1, 0.15) is 29.2 Å². The Morgan fingerprint density at radius 1 is 0.686 bits per heavy atom. The van der Waals surface area contributed by atoms with Crippen LogP contribution in [0.25, 0.3) is 0 Å². The molecule has 1 heterocycles. The normalized spacial score (nSPS) is 19.4. The molecule has 0 aliphatic carbocycles. The molecule has 0 bridgehead atoms. The Morgan fingerprint density at radius 2 is 1.03 bits per heavy atom. The maximum absolute atomic E-state index is 10.5. The van der Waals surface area contributed by atoms with E-state index in [1.54, 1.807) is 12.1 Å². The molecular weight excluding hydrogens is 458 g/mol. The Labute approximate surface area is 207 Å². The molecule has 4 aromatic rings. The van der Waals surface area contributed by atoms with Crippen molar-refractivity contribution in [2.24, 2.45) is 0 Å². The van der Waals surface area contributed by atoms with Crippen molar-refractivity contribution in [3.63, 3.8) is 0 Å². The van der Waals surface area contributed by atoms with E-state index in [0.717, 1.165) is 5.56 Å². The van der Waals surface area contributed by atoms with E-state index in [1.165, 1.54) is 28.8 Å². The van der Waals surface area contributed by atoms with Gasteiger partial charge in [0, 0.05) is 0 Å². The third-order valence-electron chi connectivity index (χ3n) is 6.35. The average Bonchev–Trinajstić information content (AvgIpc) is 3.47. The summed E-state index contributed by atoms with van der Waals surface area (Å²) in [7, 11) is -4.02. The Morgan fingerprint density at radius 3 is 1.31 bits per heavy atom. The second-order valence-corrected chi connectivity index (χ2v) is 10.1. The fraction of sp³-hybridized carbons (Fsp3) is 0.172. The van der Waals surface area contributed by atoms with Gasteiger partial charge in [0.05, 0.1) is 16.5 Å². The first-order valence-electron chi connectivity index (χ1n) is 11.4. The van der Waals surface area contributed by atoms with Crippen LogP contribution in [0.4, 0.5) is 0 Å². The summed E-state index contributed by atoms with van der Waals surface area (Å²) >= 11 is 0. The first kappa shape index (κ1) is 24.8. The van der Waals surface area contributed by atoms with Crippen molar-refractivity contribution in [3.8, 4) is 0 Å². The van der Waals surface area contributed by atoms with Gasteiger partial charge < -0.3 is 5.11 Å². The molecule has 1 aliphatic heterocycles. The van der Waals surface area contributed by atoms with Gasteiger partial charge in [-0.3, -0.25) is 9.45 Å². The SMILES string of the molecule is CC1C(O)N1C(c1ccccc1)(c1ccccc1)c1ccccc1.Cc1ccc(S(=O)(=O)O)cc1. The lowest BCUT2D eigenvalue weighted by atomic mass is 9.76. The smallest absolute Gasteiger partial charge is 0.294 e. The molecule has 0 spiro atoms. The molecule has 1 saturated heterocycles. The molecular formula is C29H29NO4S. The zero-order valence-corrected chi connectivity index (χ0v) is 20.5. The van der Waals surface area contributed by atoms with Crippen LogP contribution in [0.3, 0.4) is 0 Å². The van der Waals surface area contributed by atoms with E-state index in [2.05, 4.69) is 84.6 Å². The van der Waals surface area contributed by atoms with Crippen molar-refractivity contribution in [1.82, 2.24) is 4.90 Å². The minimum Gasteiger partial charge on any atom is -0.377 e. The topological polar surface area (TPSA) is 77.6 Å². The third-order valence-corrected chi connectivity index (χ3v) is 7.21. The van der Waals surface area contributed by atoms with Crippen molar-refractivity contribution in [3.05, 3.63) is 138 Å². The Bertz CT molecular complexity index is 1240. The quantitative estimate of drug-likeness (QED) is 0.229. The molecule has 35 heavy (non-hydrogen) atoms. The van der Waals surface area contributed by atoms with Gasteiger partial charge in [0.25, 0.3) is 10.1 Å². The molecule has 180 valence electrons. The second kappa shape index (κ2) is 10.1. The molecule has 1 aliphatic rings. The average molecular weight is 488 g/mol. The van der Waals surface area contributed by atoms with Crippen LogP contribution in [0.15, 0.2) is 120 Å². The molecule has 0 saturated carbocycles. The summed E-state index contributed by atoms with van der Waals surface area (Å²) in [5.41, 5.74) is 3.99. The Kier molecular flexibility index (Phi) is 7.19. The number of nitrogens with zero attached hydrogens (tertiary/aromatic N) is 1. The van der Waals surface area contributed by atoms with Gasteiger partial charge in [-0.05, 0) is 42.7 Å². The zero-order chi connectivity index (χ0) is 25.1. The lowest BCUT2D eigenvalue weighted by Gasteiger charge is -2.38. The fourth-order valence-corrected chi connectivity index (χ4v) is 5.01. The number of aliphatic hydroxyl groups excluding tert-OH is 1. The molecule has 4 aromatic carbocycles. The maximum Gasteiger partial charge on any atom is 0.294 e. The number of benzene rings is 4. The van der Waals surface area contributed by atoms with E-state index in [1.807, 2.05) is 25.1 Å². The van der Waals surface area contributed by atoms with Gasteiger partial charge in [-0.25, -0.2) is 0 Å². The largest absolute Gasteiger partial charge is 0.377 e. The number of aliphatic hydroxyl groups is 1. The molecule has 0 aromatic heterocycles. The van der Waals surface area contributed by atoms with E-state index in [4.69, 9.17) is 4.55 Å². The number of rotatable bonds is 5. The number of aryl methyl sites for hydroxylation is 1. The molecule has 5 rings (SSSR count). The van der Waals surface area contributed by atoms with E-state index < -0.39 is 21.9 Å². The van der Waals surface area contributed by atoms with Crippen LogP contribution in [0.2, 0.25) is 0 Å². The molecule has 0 radical (unpaired) electrons. The van der Waals surface area contributed by atoms with Crippen LogP contribution >= 0.6 is 0 Å². The summed E-state index contributed by atoms with van der Waals surface area (Å²) < 4.78 is 29.6. The van der Waals surface area contributed by atoms with Gasteiger partial charge in [-0.1, -0.05) is 109 Å². The predicted octanol–water partition coefficient (Wildman–Crippen LogP) is 5.24. The van der Waals surface area contributed by atoms with Crippen LogP contribution in [-0.2, 0) is 15.7 Å². The Hall–Kier alpha value is -3.29. The minimum atomic E-state index is -4.02. The number of hydrogen-bond donors (Lipinski definition) is 2. The molecule has 5 nitrogen and oxygen atoms in total. The highest BCUT2D eigenvalue weighted by Gasteiger charge is 2.57. The zero-order valence-electron chi connectivity index (χ0n) is 19.7. The molecule has 3 unspecified atom stereocenters. The van der Waals surface area contributed by atoms with Crippen molar-refractivity contribution in [2.45, 2.75) is 36.6 Å². The third kappa shape index (κ3) is 5.06. The fourth-order valence-electron chi connectivity index (χ4n) is 4.53. The number of hydrogen-bond acceptors (Lipinski definition) is 4. The highest BCUT2D eigenvalue weighted by Crippen LogP contribution is 2.50. The highest BCUT2D eigenvalue weighted by molar-refractivity contribution is 7.85. The van der Waals surface area contributed by atoms with Crippen molar-refractivity contribution >= 4 is 10.1 Å². The molecule has 2 N–H and O–H groups in total.